The van der Waals surface area contributed by atoms with E-state index < -0.39 is 47.9 Å². The second-order valence-electron chi connectivity index (χ2n) is 12.1. The average molecular weight is 573 g/mol. The van der Waals surface area contributed by atoms with E-state index in [0.717, 1.165) is 28.3 Å². The minimum Gasteiger partial charge on any atom is -0.444 e. The quantitative estimate of drug-likeness (QED) is 0.321. The molecule has 0 aromatic heterocycles. The van der Waals surface area contributed by atoms with Crippen molar-refractivity contribution in [1.29, 1.82) is 0 Å². The van der Waals surface area contributed by atoms with Gasteiger partial charge in [-0.1, -0.05) is 59.7 Å². The van der Waals surface area contributed by atoms with E-state index in [4.69, 9.17) is 10.5 Å². The highest BCUT2D eigenvalue weighted by Gasteiger charge is 2.42. The van der Waals surface area contributed by atoms with E-state index in [1.165, 1.54) is 4.90 Å². The first-order valence-electron chi connectivity index (χ1n) is 14.3. The Bertz CT molecular complexity index is 1470. The number of carbonyl (C=O) groups is 4. The van der Waals surface area contributed by atoms with Crippen LogP contribution in [-0.2, 0) is 19.1 Å². The molecule has 0 spiro atoms. The van der Waals surface area contributed by atoms with Gasteiger partial charge in [-0.05, 0) is 82.3 Å². The molecular formula is C33H40N4O5. The molecule has 0 saturated heterocycles. The summed E-state index contributed by atoms with van der Waals surface area (Å²) in [4.78, 5) is 54.8. The first kappa shape index (κ1) is 30.6. The molecule has 9 heteroatoms. The molecule has 222 valence electrons. The van der Waals surface area contributed by atoms with Crippen LogP contribution in [0.3, 0.4) is 0 Å². The minimum absolute atomic E-state index is 0.263. The number of alkyl carbamates (subject to hydrolysis) is 1. The Morgan fingerprint density at radius 1 is 0.952 bits per heavy atom. The molecule has 4 rings (SSSR count). The number of aryl methyl sites for hydroxylation is 2. The largest absolute Gasteiger partial charge is 0.444 e. The van der Waals surface area contributed by atoms with Crippen molar-refractivity contribution in [3.63, 3.8) is 0 Å². The minimum atomic E-state index is -1.31. The number of ether oxygens (including phenoxy) is 1. The van der Waals surface area contributed by atoms with E-state index in [1.54, 1.807) is 20.8 Å². The Hall–Kier alpha value is -4.40. The number of nitrogens with one attached hydrogen (secondary N) is 2. The highest BCUT2D eigenvalue weighted by molar-refractivity contribution is 6.01. The van der Waals surface area contributed by atoms with Gasteiger partial charge >= 0.3 is 6.09 Å². The molecule has 9 nitrogen and oxygen atoms in total. The molecular weight excluding hydrogens is 532 g/mol. The fraction of sp³-hybridized carbons (Fsp3) is 0.394. The van der Waals surface area contributed by atoms with E-state index in [2.05, 4.69) is 10.6 Å². The Balaban J connectivity index is 1.75. The number of carbonyl (C=O) groups excluding carboxylic acids is 4. The number of nitrogens with zero attached hydrogens (tertiary/aromatic N) is 1. The topological polar surface area (TPSA) is 131 Å². The summed E-state index contributed by atoms with van der Waals surface area (Å²) < 4.78 is 5.37. The van der Waals surface area contributed by atoms with Crippen LogP contribution in [0.15, 0.2) is 60.7 Å². The molecule has 1 aliphatic rings. The van der Waals surface area contributed by atoms with Crippen LogP contribution in [0, 0.1) is 13.8 Å². The lowest BCUT2D eigenvalue weighted by molar-refractivity contribution is -0.146. The zero-order valence-corrected chi connectivity index (χ0v) is 24.9. The van der Waals surface area contributed by atoms with Gasteiger partial charge in [-0.15, -0.1) is 0 Å². The van der Waals surface area contributed by atoms with Gasteiger partial charge in [0.2, 0.25) is 11.8 Å². The van der Waals surface area contributed by atoms with Crippen molar-refractivity contribution >= 4 is 40.3 Å². The van der Waals surface area contributed by atoms with Gasteiger partial charge in [0, 0.05) is 11.7 Å². The molecule has 0 radical (unpaired) electrons. The smallest absolute Gasteiger partial charge is 0.408 e. The van der Waals surface area contributed by atoms with Gasteiger partial charge in [0.15, 0.2) is 0 Å². The summed E-state index contributed by atoms with van der Waals surface area (Å²) in [5.41, 5.74) is 7.80. The highest BCUT2D eigenvalue weighted by Crippen LogP contribution is 2.35. The second kappa shape index (κ2) is 12.6. The van der Waals surface area contributed by atoms with Crippen molar-refractivity contribution in [1.82, 2.24) is 10.2 Å². The molecule has 2 unspecified atom stereocenters. The van der Waals surface area contributed by atoms with E-state index in [1.807, 2.05) is 74.5 Å². The highest BCUT2D eigenvalue weighted by atomic mass is 16.6. The Labute approximate surface area is 246 Å². The van der Waals surface area contributed by atoms with Crippen LogP contribution in [0.2, 0.25) is 0 Å². The number of primary amides is 1. The number of anilines is 1. The molecule has 1 fully saturated rings. The third kappa shape index (κ3) is 7.66. The van der Waals surface area contributed by atoms with Crippen LogP contribution in [0.25, 0.3) is 10.8 Å². The summed E-state index contributed by atoms with van der Waals surface area (Å²) in [6, 6.07) is 16.7. The van der Waals surface area contributed by atoms with Crippen molar-refractivity contribution in [3.05, 3.63) is 77.4 Å². The van der Waals surface area contributed by atoms with Gasteiger partial charge in [-0.2, -0.15) is 0 Å². The molecule has 0 aliphatic heterocycles. The maximum Gasteiger partial charge on any atom is 0.408 e. The number of fused-ring (bicyclic) bond motifs is 1. The zero-order valence-electron chi connectivity index (χ0n) is 24.9. The fourth-order valence-electron chi connectivity index (χ4n) is 5.30. The van der Waals surface area contributed by atoms with Gasteiger partial charge < -0.3 is 26.0 Å². The summed E-state index contributed by atoms with van der Waals surface area (Å²) >= 11 is 0. The lowest BCUT2D eigenvalue weighted by Crippen LogP contribution is -2.57. The maximum atomic E-state index is 14.3. The Morgan fingerprint density at radius 2 is 1.60 bits per heavy atom. The molecule has 3 aromatic carbocycles. The maximum absolute atomic E-state index is 14.3. The van der Waals surface area contributed by atoms with Gasteiger partial charge in [0.05, 0.1) is 6.42 Å². The lowest BCUT2D eigenvalue weighted by atomic mass is 9.87. The second-order valence-corrected chi connectivity index (χ2v) is 12.1. The van der Waals surface area contributed by atoms with Gasteiger partial charge in [-0.3, -0.25) is 14.4 Å². The van der Waals surface area contributed by atoms with Crippen LogP contribution >= 0.6 is 0 Å². The van der Waals surface area contributed by atoms with Crippen molar-refractivity contribution in [2.45, 2.75) is 84.0 Å². The predicted octanol–water partition coefficient (Wildman–Crippen LogP) is 5.29. The van der Waals surface area contributed by atoms with E-state index in [0.29, 0.717) is 24.1 Å². The number of hydrogen-bond acceptors (Lipinski definition) is 5. The van der Waals surface area contributed by atoms with Gasteiger partial charge in [0.25, 0.3) is 5.91 Å². The average Bonchev–Trinajstić information content (AvgIpc) is 2.84. The summed E-state index contributed by atoms with van der Waals surface area (Å²) in [5, 5.41) is 7.57. The molecule has 4 N–H and O–H groups in total. The molecule has 2 atom stereocenters. The summed E-state index contributed by atoms with van der Waals surface area (Å²) in [7, 11) is 0. The molecule has 4 amide bonds. The molecule has 1 saturated carbocycles. The summed E-state index contributed by atoms with van der Waals surface area (Å²) in [6.45, 7) is 8.97. The Morgan fingerprint density at radius 3 is 2.17 bits per heavy atom. The third-order valence-electron chi connectivity index (χ3n) is 7.22. The zero-order chi connectivity index (χ0) is 30.6. The standard InChI is InChI=1S/C33H40N4O5/c1-20-15-21(2)17-24(16-20)29(30(39)35-25-14-13-22-9-6-7-10-23(22)18-25)37(26-11-8-12-26)31(40)27(19-28(34)38)36-32(41)42-33(3,4)5/h6-7,9-10,13-18,26-27,29H,8,11-12,19H2,1-5H3,(H2,34,38)(H,35,39)(H,36,41). The van der Waals surface area contributed by atoms with Gasteiger partial charge in [-0.25, -0.2) is 4.79 Å². The fourth-order valence-corrected chi connectivity index (χ4v) is 5.30. The van der Waals surface area contributed by atoms with E-state index in [9.17, 15) is 19.2 Å². The monoisotopic (exact) mass is 572 g/mol. The lowest BCUT2D eigenvalue weighted by Gasteiger charge is -2.43. The van der Waals surface area contributed by atoms with Crippen molar-refractivity contribution in [2.24, 2.45) is 5.73 Å². The van der Waals surface area contributed by atoms with Crippen LogP contribution in [0.5, 0.6) is 0 Å². The number of hydrogen-bond donors (Lipinski definition) is 3. The number of rotatable bonds is 9. The van der Waals surface area contributed by atoms with E-state index >= 15 is 0 Å². The molecule has 3 aromatic rings. The van der Waals surface area contributed by atoms with Crippen molar-refractivity contribution < 1.29 is 23.9 Å². The Kier molecular flexibility index (Phi) is 9.19. The van der Waals surface area contributed by atoms with Crippen LogP contribution in [0.4, 0.5) is 10.5 Å². The number of amides is 4. The van der Waals surface area contributed by atoms with E-state index in [-0.39, 0.29) is 6.04 Å². The third-order valence-corrected chi connectivity index (χ3v) is 7.22. The summed E-state index contributed by atoms with van der Waals surface area (Å²) in [5.74, 6) is -1.73. The van der Waals surface area contributed by atoms with Crippen LogP contribution < -0.4 is 16.4 Å². The first-order valence-corrected chi connectivity index (χ1v) is 14.3. The molecule has 0 heterocycles. The molecule has 42 heavy (non-hydrogen) atoms. The number of benzene rings is 3. The van der Waals surface area contributed by atoms with Crippen molar-refractivity contribution in [3.8, 4) is 0 Å². The molecule has 1 aliphatic carbocycles. The normalized spacial score (nSPS) is 14.8. The summed E-state index contributed by atoms with van der Waals surface area (Å²) in [6.07, 6.45) is 0.977. The number of nitrogens with two attached hydrogens (primary N) is 1. The predicted molar refractivity (Wildman–Crippen MR) is 163 cm³/mol. The first-order chi connectivity index (χ1) is 19.8. The SMILES string of the molecule is Cc1cc(C)cc(C(C(=O)Nc2ccc3ccccc3c2)N(C(=O)C(CC(N)=O)NC(=O)OC(C)(C)C)C2CCC2)c1. The van der Waals surface area contributed by atoms with Gasteiger partial charge in [0.1, 0.15) is 17.7 Å². The van der Waals surface area contributed by atoms with Crippen molar-refractivity contribution in [2.75, 3.05) is 5.32 Å². The molecule has 0 bridgehead atoms. The van der Waals surface area contributed by atoms with Crippen LogP contribution in [-0.4, -0.2) is 46.4 Å². The van der Waals surface area contributed by atoms with Crippen LogP contribution in [0.1, 0.15) is 69.2 Å².